The highest BCUT2D eigenvalue weighted by Gasteiger charge is 2.18. The highest BCUT2D eigenvalue weighted by molar-refractivity contribution is 7.75. The molecule has 0 aromatic carbocycles. The Labute approximate surface area is 46.2 Å². The summed E-state index contributed by atoms with van der Waals surface area (Å²) in [6.45, 7) is 3.58. The predicted molar refractivity (Wildman–Crippen MR) is 36.4 cm³/mol. The van der Waals surface area contributed by atoms with Gasteiger partial charge >= 0.3 is 0 Å². The first kappa shape index (κ1) is 7.78. The van der Waals surface area contributed by atoms with Gasteiger partial charge in [-0.05, 0) is 0 Å². The van der Waals surface area contributed by atoms with Crippen molar-refractivity contribution in [2.24, 2.45) is 0 Å². The molecule has 0 saturated heterocycles. The van der Waals surface area contributed by atoms with Crippen LogP contribution >= 0.6 is 16.3 Å². The van der Waals surface area contributed by atoms with Gasteiger partial charge in [0.15, 0.2) is 0 Å². The zero-order chi connectivity index (χ0) is 5.91. The molecule has 0 spiro atoms. The van der Waals surface area contributed by atoms with Crippen molar-refractivity contribution in [1.82, 2.24) is 0 Å². The fraction of sp³-hybridized carbons (Fsp3) is 1.00. The first-order chi connectivity index (χ1) is 3.06. The van der Waals surface area contributed by atoms with Crippen molar-refractivity contribution < 1.29 is 9.79 Å². The molecular weight excluding hydrogens is 130 g/mol. The third-order valence-corrected chi connectivity index (χ3v) is 4.12. The first-order valence-electron chi connectivity index (χ1n) is 1.99. The van der Waals surface area contributed by atoms with Gasteiger partial charge < -0.3 is 4.89 Å². The Morgan fingerprint density at radius 2 is 2.00 bits per heavy atom. The lowest BCUT2D eigenvalue weighted by molar-refractivity contribution is 0.613. The van der Waals surface area contributed by atoms with Gasteiger partial charge in [-0.25, -0.2) is 0 Å². The topological polar surface area (TPSA) is 40.5 Å². The van der Waals surface area contributed by atoms with Crippen LogP contribution in [0.3, 0.4) is 0 Å². The fourth-order valence-corrected chi connectivity index (χ4v) is 1.56. The highest BCUT2D eigenvalue weighted by atomic mass is 31.2. The number of hydrogen-bond donors (Lipinski definition) is 2. The molecule has 0 aliphatic carbocycles. The fourth-order valence-electron chi connectivity index (χ4n) is 0.173. The van der Waals surface area contributed by atoms with Gasteiger partial charge in [0.25, 0.3) is 0 Å². The largest absolute Gasteiger partial charge is 0.373 e. The highest BCUT2D eigenvalue weighted by Crippen LogP contribution is 2.49. The van der Waals surface area contributed by atoms with Gasteiger partial charge in [0, 0.05) is 0 Å². The van der Waals surface area contributed by atoms with E-state index in [0.717, 1.165) is 0 Å². The standard InChI is InChI=1S/C3H11O2P2/c1-7(2,5)3-6-4/h4-6H,3H2,1-2H3/q+1. The van der Waals surface area contributed by atoms with Crippen LogP contribution in [0, 0.1) is 0 Å². The molecule has 0 aliphatic heterocycles. The van der Waals surface area contributed by atoms with E-state index >= 15 is 0 Å². The van der Waals surface area contributed by atoms with E-state index in [0.29, 0.717) is 5.90 Å². The minimum atomic E-state index is -1.65. The number of hydrogen-bond acceptors (Lipinski definition) is 2. The molecule has 4 heteroatoms. The van der Waals surface area contributed by atoms with E-state index < -0.39 is 7.49 Å². The van der Waals surface area contributed by atoms with Gasteiger partial charge in [0.05, 0.1) is 22.1 Å². The van der Waals surface area contributed by atoms with Crippen molar-refractivity contribution in [2.45, 2.75) is 0 Å². The van der Waals surface area contributed by atoms with Crippen molar-refractivity contribution >= 4 is 16.3 Å². The molecule has 0 amide bonds. The second-order valence-corrected chi connectivity index (χ2v) is 6.76. The van der Waals surface area contributed by atoms with Crippen LogP contribution in [0.25, 0.3) is 0 Å². The van der Waals surface area contributed by atoms with Gasteiger partial charge in [-0.1, -0.05) is 0 Å². The zero-order valence-electron chi connectivity index (χ0n) is 4.55. The van der Waals surface area contributed by atoms with E-state index in [4.69, 9.17) is 9.79 Å². The Bertz CT molecular complexity index is 49.4. The molecule has 0 aromatic rings. The minimum Gasteiger partial charge on any atom is -0.373 e. The van der Waals surface area contributed by atoms with E-state index in [9.17, 15) is 0 Å². The molecule has 1 atom stereocenters. The smallest absolute Gasteiger partial charge is 0.142 e. The lowest BCUT2D eigenvalue weighted by Crippen LogP contribution is -1.85. The maximum absolute atomic E-state index is 8.98. The van der Waals surface area contributed by atoms with Crippen molar-refractivity contribution in [2.75, 3.05) is 19.2 Å². The molecule has 2 nitrogen and oxygen atoms in total. The van der Waals surface area contributed by atoms with E-state index in [2.05, 4.69) is 0 Å². The predicted octanol–water partition coefficient (Wildman–Crippen LogP) is 0.714. The van der Waals surface area contributed by atoms with Crippen LogP contribution in [0.15, 0.2) is 0 Å². The van der Waals surface area contributed by atoms with Crippen molar-refractivity contribution in [1.29, 1.82) is 0 Å². The average Bonchev–Trinajstić information content (AvgIpc) is 1.30. The lowest BCUT2D eigenvalue weighted by atomic mass is 11.8. The summed E-state index contributed by atoms with van der Waals surface area (Å²) in [5, 5.41) is 0. The lowest BCUT2D eigenvalue weighted by Gasteiger charge is -2.04. The van der Waals surface area contributed by atoms with E-state index in [-0.39, 0.29) is 8.81 Å². The maximum Gasteiger partial charge on any atom is 0.142 e. The maximum atomic E-state index is 8.98. The second kappa shape index (κ2) is 2.94. The second-order valence-electron chi connectivity index (χ2n) is 1.94. The average molecular weight is 141 g/mol. The SMILES string of the molecule is C[P+](C)(O)CPO. The Balaban J connectivity index is 3.15. The molecule has 0 saturated carbocycles. The van der Waals surface area contributed by atoms with Crippen LogP contribution in [0.1, 0.15) is 0 Å². The van der Waals surface area contributed by atoms with Crippen LogP contribution in [0.4, 0.5) is 0 Å². The zero-order valence-corrected chi connectivity index (χ0v) is 6.44. The molecule has 1 unspecified atom stereocenters. The minimum absolute atomic E-state index is 0.0914. The van der Waals surface area contributed by atoms with Crippen LogP contribution in [-0.4, -0.2) is 29.0 Å². The third-order valence-electron chi connectivity index (χ3n) is 0.458. The Morgan fingerprint density at radius 1 is 1.57 bits per heavy atom. The molecular formula is C3H11O2P2+. The summed E-state index contributed by atoms with van der Waals surface area (Å²) < 4.78 is 0. The molecule has 0 aromatic heterocycles. The molecule has 0 rings (SSSR count). The molecule has 0 heterocycles. The van der Waals surface area contributed by atoms with E-state index in [1.807, 2.05) is 0 Å². The summed E-state index contributed by atoms with van der Waals surface area (Å²) in [5.74, 6) is 0.590. The van der Waals surface area contributed by atoms with Crippen molar-refractivity contribution in [3.05, 3.63) is 0 Å². The Morgan fingerprint density at radius 3 is 2.00 bits per heavy atom. The van der Waals surface area contributed by atoms with Gasteiger partial charge in [-0.2, -0.15) is 0 Å². The van der Waals surface area contributed by atoms with Crippen LogP contribution < -0.4 is 0 Å². The molecule has 0 bridgehead atoms. The van der Waals surface area contributed by atoms with E-state index in [1.165, 1.54) is 0 Å². The monoisotopic (exact) mass is 141 g/mol. The molecule has 0 aliphatic rings. The number of rotatable bonds is 2. The van der Waals surface area contributed by atoms with Crippen LogP contribution in [-0.2, 0) is 0 Å². The third kappa shape index (κ3) is 6.78. The summed E-state index contributed by atoms with van der Waals surface area (Å²) >= 11 is 0. The summed E-state index contributed by atoms with van der Waals surface area (Å²) in [7, 11) is -1.74. The quantitative estimate of drug-likeness (QED) is 0.556. The van der Waals surface area contributed by atoms with Gasteiger partial charge in [0.2, 0.25) is 0 Å². The molecule has 7 heavy (non-hydrogen) atoms. The molecule has 0 fully saturated rings. The van der Waals surface area contributed by atoms with Crippen molar-refractivity contribution in [3.63, 3.8) is 0 Å². The molecule has 2 N–H and O–H groups in total. The van der Waals surface area contributed by atoms with Gasteiger partial charge in [0.1, 0.15) is 13.4 Å². The van der Waals surface area contributed by atoms with Gasteiger partial charge in [-0.15, -0.1) is 0 Å². The normalized spacial score (nSPS) is 13.7. The molecule has 0 radical (unpaired) electrons. The van der Waals surface area contributed by atoms with Crippen LogP contribution in [0.2, 0.25) is 0 Å². The summed E-state index contributed by atoms with van der Waals surface area (Å²) in [4.78, 5) is 17.3. The Kier molecular flexibility index (Phi) is 3.27. The summed E-state index contributed by atoms with van der Waals surface area (Å²) in [6, 6.07) is 0. The Hall–Kier alpha value is 0.780. The summed E-state index contributed by atoms with van der Waals surface area (Å²) in [6.07, 6.45) is 0. The van der Waals surface area contributed by atoms with Gasteiger partial charge in [-0.3, -0.25) is 4.89 Å². The van der Waals surface area contributed by atoms with Crippen molar-refractivity contribution in [3.8, 4) is 0 Å². The first-order valence-corrected chi connectivity index (χ1v) is 5.96. The summed E-state index contributed by atoms with van der Waals surface area (Å²) in [5.41, 5.74) is 0. The van der Waals surface area contributed by atoms with Crippen LogP contribution in [0.5, 0.6) is 0 Å². The molecule has 44 valence electrons. The van der Waals surface area contributed by atoms with E-state index in [1.54, 1.807) is 13.3 Å².